The van der Waals surface area contributed by atoms with Gasteiger partial charge in [-0.05, 0) is 20.3 Å². The Kier molecular flexibility index (Phi) is 3.71. The van der Waals surface area contributed by atoms with Crippen molar-refractivity contribution in [1.82, 2.24) is 4.90 Å². The van der Waals surface area contributed by atoms with Crippen LogP contribution in [0.4, 0.5) is 0 Å². The van der Waals surface area contributed by atoms with Crippen LogP contribution in [-0.4, -0.2) is 49.0 Å². The third kappa shape index (κ3) is 3.25. The summed E-state index contributed by atoms with van der Waals surface area (Å²) < 4.78 is 5.33. The van der Waals surface area contributed by atoms with Gasteiger partial charge >= 0.3 is 0 Å². The number of hydrogen-bond acceptors (Lipinski definition) is 3. The van der Waals surface area contributed by atoms with Gasteiger partial charge in [-0.1, -0.05) is 0 Å². The van der Waals surface area contributed by atoms with Crippen molar-refractivity contribution in [3.63, 3.8) is 0 Å². The van der Waals surface area contributed by atoms with Gasteiger partial charge in [-0.3, -0.25) is 0 Å². The first kappa shape index (κ1) is 11.0. The molecule has 0 radical (unpaired) electrons. The third-order valence-electron chi connectivity index (χ3n) is 2.87. The molecule has 0 bridgehead atoms. The van der Waals surface area contributed by atoms with E-state index < -0.39 is 0 Å². The third-order valence-corrected chi connectivity index (χ3v) is 2.87. The van der Waals surface area contributed by atoms with Crippen molar-refractivity contribution in [3.8, 4) is 0 Å². The highest BCUT2D eigenvalue weighted by atomic mass is 16.5. The smallest absolute Gasteiger partial charge is 0.0634 e. The minimum absolute atomic E-state index is 0.00962. The molecule has 13 heavy (non-hydrogen) atoms. The molecule has 0 amide bonds. The van der Waals surface area contributed by atoms with E-state index in [1.54, 1.807) is 7.11 Å². The number of rotatable bonds is 5. The summed E-state index contributed by atoms with van der Waals surface area (Å²) in [5.41, 5.74) is -0.00962. The fraction of sp³-hybridized carbons (Fsp3) is 1.00. The Labute approximate surface area is 80.7 Å². The molecule has 1 saturated heterocycles. The van der Waals surface area contributed by atoms with Crippen molar-refractivity contribution in [2.75, 3.05) is 33.4 Å². The predicted octanol–water partition coefficient (Wildman–Crippen LogP) is 0.726. The molecule has 0 aromatic rings. The molecule has 0 atom stereocenters. The number of hydrogen-bond donors (Lipinski definition) is 1. The maximum Gasteiger partial charge on any atom is 0.0634 e. The quantitative estimate of drug-likeness (QED) is 0.688. The second-order valence-corrected chi connectivity index (χ2v) is 4.52. The summed E-state index contributed by atoms with van der Waals surface area (Å²) in [5, 5.41) is 8.83. The minimum Gasteiger partial charge on any atom is -0.396 e. The molecule has 0 saturated carbocycles. The van der Waals surface area contributed by atoms with Crippen molar-refractivity contribution in [2.45, 2.75) is 25.9 Å². The molecule has 78 valence electrons. The van der Waals surface area contributed by atoms with Crippen molar-refractivity contribution in [3.05, 3.63) is 0 Å². The van der Waals surface area contributed by atoms with Crippen LogP contribution in [0.5, 0.6) is 0 Å². The highest BCUT2D eigenvalue weighted by molar-refractivity contribution is 4.81. The Balaban J connectivity index is 2.08. The Morgan fingerprint density at radius 3 is 2.54 bits per heavy atom. The Bertz CT molecular complexity index is 153. The molecule has 0 aromatic carbocycles. The van der Waals surface area contributed by atoms with Crippen molar-refractivity contribution >= 4 is 0 Å². The summed E-state index contributed by atoms with van der Waals surface area (Å²) in [7, 11) is 1.76. The van der Waals surface area contributed by atoms with Gasteiger partial charge in [0.2, 0.25) is 0 Å². The summed E-state index contributed by atoms with van der Waals surface area (Å²) in [6.45, 7) is 7.74. The number of methoxy groups -OCH3 is 1. The summed E-state index contributed by atoms with van der Waals surface area (Å²) in [5.74, 6) is 0.519. The lowest BCUT2D eigenvalue weighted by Gasteiger charge is -2.39. The van der Waals surface area contributed by atoms with Crippen molar-refractivity contribution in [1.29, 1.82) is 0 Å². The van der Waals surface area contributed by atoms with E-state index in [9.17, 15) is 0 Å². The molecule has 0 unspecified atom stereocenters. The van der Waals surface area contributed by atoms with Gasteiger partial charge in [0, 0.05) is 39.3 Å². The van der Waals surface area contributed by atoms with Crippen LogP contribution in [0.3, 0.4) is 0 Å². The summed E-state index contributed by atoms with van der Waals surface area (Å²) in [4.78, 5) is 2.36. The fourth-order valence-corrected chi connectivity index (χ4v) is 1.50. The van der Waals surface area contributed by atoms with Crippen molar-refractivity contribution in [2.24, 2.45) is 5.92 Å². The summed E-state index contributed by atoms with van der Waals surface area (Å²) >= 11 is 0. The first-order chi connectivity index (χ1) is 6.07. The highest BCUT2D eigenvalue weighted by Gasteiger charge is 2.27. The maximum atomic E-state index is 8.83. The summed E-state index contributed by atoms with van der Waals surface area (Å²) in [6.07, 6.45) is 1.06. The van der Waals surface area contributed by atoms with Crippen LogP contribution in [0, 0.1) is 5.92 Å². The van der Waals surface area contributed by atoms with Gasteiger partial charge in [-0.15, -0.1) is 0 Å². The van der Waals surface area contributed by atoms with Gasteiger partial charge in [0.05, 0.1) is 5.60 Å². The molecule has 0 aromatic heterocycles. The van der Waals surface area contributed by atoms with Gasteiger partial charge in [-0.25, -0.2) is 0 Å². The average molecular weight is 187 g/mol. The monoisotopic (exact) mass is 187 g/mol. The first-order valence-corrected chi connectivity index (χ1v) is 4.96. The number of aliphatic hydroxyl groups excluding tert-OH is 1. The molecular formula is C10H21NO2. The fourth-order valence-electron chi connectivity index (χ4n) is 1.50. The minimum atomic E-state index is -0.00962. The topological polar surface area (TPSA) is 32.7 Å². The average Bonchev–Trinajstić information content (AvgIpc) is 2.02. The Hall–Kier alpha value is -0.120. The number of aliphatic hydroxyl groups is 1. The van der Waals surface area contributed by atoms with E-state index in [1.807, 2.05) is 0 Å². The summed E-state index contributed by atoms with van der Waals surface area (Å²) in [6, 6.07) is 0. The lowest BCUT2D eigenvalue weighted by atomic mass is 9.98. The molecule has 1 N–H and O–H groups in total. The van der Waals surface area contributed by atoms with E-state index in [-0.39, 0.29) is 5.60 Å². The van der Waals surface area contributed by atoms with E-state index in [1.165, 1.54) is 0 Å². The number of nitrogens with zero attached hydrogens (tertiary/aromatic N) is 1. The molecule has 1 aliphatic rings. The zero-order valence-corrected chi connectivity index (χ0v) is 8.92. The predicted molar refractivity (Wildman–Crippen MR) is 52.7 cm³/mol. The maximum absolute atomic E-state index is 8.83. The normalized spacial score (nSPS) is 20.3. The van der Waals surface area contributed by atoms with Gasteiger partial charge in [-0.2, -0.15) is 0 Å². The SMILES string of the molecule is COC(C)(C)CCN1CC(CO)C1. The first-order valence-electron chi connectivity index (χ1n) is 4.96. The Morgan fingerprint density at radius 1 is 1.46 bits per heavy atom. The van der Waals surface area contributed by atoms with Gasteiger partial charge < -0.3 is 14.7 Å². The van der Waals surface area contributed by atoms with Crippen LogP contribution in [0.2, 0.25) is 0 Å². The van der Waals surface area contributed by atoms with E-state index in [2.05, 4.69) is 18.7 Å². The molecule has 1 aliphatic heterocycles. The van der Waals surface area contributed by atoms with Crippen LogP contribution in [0.1, 0.15) is 20.3 Å². The second kappa shape index (κ2) is 4.40. The van der Waals surface area contributed by atoms with Crippen LogP contribution in [0.25, 0.3) is 0 Å². The number of ether oxygens (including phenoxy) is 1. The molecule has 1 rings (SSSR count). The van der Waals surface area contributed by atoms with Crippen molar-refractivity contribution < 1.29 is 9.84 Å². The molecule has 1 heterocycles. The molecule has 1 fully saturated rings. The van der Waals surface area contributed by atoms with E-state index >= 15 is 0 Å². The lowest BCUT2D eigenvalue weighted by Crippen LogP contribution is -2.49. The van der Waals surface area contributed by atoms with E-state index in [4.69, 9.17) is 9.84 Å². The van der Waals surface area contributed by atoms with E-state index in [0.29, 0.717) is 12.5 Å². The van der Waals surface area contributed by atoms with E-state index in [0.717, 1.165) is 26.1 Å². The molecule has 3 heteroatoms. The van der Waals surface area contributed by atoms with Gasteiger partial charge in [0.1, 0.15) is 0 Å². The molecule has 0 aliphatic carbocycles. The number of likely N-dealkylation sites (tertiary alicyclic amines) is 1. The second-order valence-electron chi connectivity index (χ2n) is 4.52. The zero-order valence-electron chi connectivity index (χ0n) is 8.92. The molecule has 0 spiro atoms. The standard InChI is InChI=1S/C10H21NO2/c1-10(2,13-3)4-5-11-6-9(7-11)8-12/h9,12H,4-8H2,1-3H3. The molecular weight excluding hydrogens is 166 g/mol. The van der Waals surface area contributed by atoms with Crippen LogP contribution in [0.15, 0.2) is 0 Å². The van der Waals surface area contributed by atoms with Crippen LogP contribution in [-0.2, 0) is 4.74 Å². The zero-order chi connectivity index (χ0) is 9.90. The van der Waals surface area contributed by atoms with Gasteiger partial charge in [0.15, 0.2) is 0 Å². The van der Waals surface area contributed by atoms with Gasteiger partial charge in [0.25, 0.3) is 0 Å². The lowest BCUT2D eigenvalue weighted by molar-refractivity contribution is -0.0113. The molecule has 3 nitrogen and oxygen atoms in total. The Morgan fingerprint density at radius 2 is 2.08 bits per heavy atom. The highest BCUT2D eigenvalue weighted by Crippen LogP contribution is 2.19. The largest absolute Gasteiger partial charge is 0.396 e. The van der Waals surface area contributed by atoms with Crippen LogP contribution >= 0.6 is 0 Å². The van der Waals surface area contributed by atoms with Crippen LogP contribution < -0.4 is 0 Å².